The molecule has 0 heterocycles. The number of hydrogen-bond donors (Lipinski definition) is 0. The van der Waals surface area contributed by atoms with Gasteiger partial charge >= 0.3 is 0 Å². The van der Waals surface area contributed by atoms with Crippen LogP contribution in [0.5, 0.6) is 5.75 Å². The van der Waals surface area contributed by atoms with Crippen LogP contribution in [0, 0.1) is 6.85 Å². The van der Waals surface area contributed by atoms with E-state index in [0.29, 0.717) is 5.56 Å². The van der Waals surface area contributed by atoms with E-state index >= 15 is 0 Å². The van der Waals surface area contributed by atoms with Crippen LogP contribution in [0.1, 0.15) is 33.2 Å². The Kier molecular flexibility index (Phi) is 2.66. The summed E-state index contributed by atoms with van der Waals surface area (Å²) in [7, 11) is 0. The molecule has 102 valence electrons. The highest BCUT2D eigenvalue weighted by molar-refractivity contribution is 5.33. The van der Waals surface area contributed by atoms with Crippen LogP contribution in [0.4, 0.5) is 0 Å². The van der Waals surface area contributed by atoms with E-state index in [1.807, 2.05) is 0 Å². The van der Waals surface area contributed by atoms with E-state index in [2.05, 4.69) is 10.0 Å². The van der Waals surface area contributed by atoms with E-state index in [1.54, 1.807) is 30.3 Å². The minimum atomic E-state index is -2.79. The monoisotopic (exact) mass is 274 g/mol. The molecule has 0 radical (unpaired) electrons. The van der Waals surface area contributed by atoms with Crippen molar-refractivity contribution in [3.63, 3.8) is 0 Å². The van der Waals surface area contributed by atoms with Gasteiger partial charge in [0.25, 0.3) is 0 Å². The van der Waals surface area contributed by atoms with Crippen molar-refractivity contribution in [3.8, 4) is 5.75 Å². The Bertz CT molecular complexity index is 865. The van der Waals surface area contributed by atoms with Gasteiger partial charge in [0.15, 0.2) is 0 Å². The van der Waals surface area contributed by atoms with Crippen LogP contribution >= 0.6 is 0 Å². The van der Waals surface area contributed by atoms with Crippen molar-refractivity contribution in [1.29, 1.82) is 0 Å². The van der Waals surface area contributed by atoms with E-state index in [1.165, 1.54) is 0 Å². The van der Waals surface area contributed by atoms with Crippen molar-refractivity contribution in [2.24, 2.45) is 5.11 Å². The van der Waals surface area contributed by atoms with Crippen LogP contribution in [0.3, 0.4) is 0 Å². The summed E-state index contributed by atoms with van der Waals surface area (Å²) >= 11 is 0. The van der Waals surface area contributed by atoms with Gasteiger partial charge in [-0.2, -0.15) is 0 Å². The fourth-order valence-electron chi connectivity index (χ4n) is 1.71. The van der Waals surface area contributed by atoms with Crippen molar-refractivity contribution < 1.29 is 14.3 Å². The normalized spacial score (nSPS) is 17.1. The van der Waals surface area contributed by atoms with Gasteiger partial charge in [0, 0.05) is 15.6 Å². The lowest BCUT2D eigenvalue weighted by atomic mass is 10.1. The standard InChI is InChI=1S/C16H17N3O/c1-13-7-5-6-10-15(13)20-16(11-12-18-19-17)14-8-3-2-4-9-14/h2-10,16H,11-12H2,1H3/t16-/m0/s1/i1D3,5D,6D,7D,10D. The first-order chi connectivity index (χ1) is 12.7. The van der Waals surface area contributed by atoms with Crippen LogP contribution in [0.15, 0.2) is 59.6 Å². The van der Waals surface area contributed by atoms with Gasteiger partial charge in [-0.1, -0.05) is 53.6 Å². The van der Waals surface area contributed by atoms with Gasteiger partial charge in [-0.05, 0) is 36.0 Å². The molecule has 0 fully saturated rings. The van der Waals surface area contributed by atoms with Crippen molar-refractivity contribution in [2.75, 3.05) is 6.54 Å². The quantitative estimate of drug-likeness (QED) is 0.423. The highest BCUT2D eigenvalue weighted by atomic mass is 16.5. The Balaban J connectivity index is 2.58. The Morgan fingerprint density at radius 2 is 2.15 bits per heavy atom. The summed E-state index contributed by atoms with van der Waals surface area (Å²) < 4.78 is 60.4. The SMILES string of the molecule is [2H]c1c([2H])c([2H])c(C([2H])([2H])[2H])c(O[C@@H](CCN=[N+]=[N-])c2ccccc2)c1[2H]. The third-order valence-corrected chi connectivity index (χ3v) is 2.64. The maximum Gasteiger partial charge on any atom is 0.124 e. The first kappa shape index (κ1) is 7.36. The molecule has 0 N–H and O–H groups in total. The molecule has 0 bridgehead atoms. The molecule has 4 heteroatoms. The molecule has 0 saturated heterocycles. The van der Waals surface area contributed by atoms with Crippen molar-refractivity contribution in [2.45, 2.75) is 19.4 Å². The highest BCUT2D eigenvalue weighted by Crippen LogP contribution is 2.27. The van der Waals surface area contributed by atoms with Gasteiger partial charge in [-0.15, -0.1) is 0 Å². The highest BCUT2D eigenvalue weighted by Gasteiger charge is 2.13. The van der Waals surface area contributed by atoms with Gasteiger partial charge < -0.3 is 4.74 Å². The van der Waals surface area contributed by atoms with E-state index in [0.717, 1.165) is 0 Å². The maximum atomic E-state index is 8.48. The summed E-state index contributed by atoms with van der Waals surface area (Å²) in [6.45, 7) is -2.72. The predicted molar refractivity (Wildman–Crippen MR) is 79.6 cm³/mol. The molecule has 2 aromatic rings. The molecular formula is C16H17N3O. The Labute approximate surface area is 128 Å². The minimum Gasteiger partial charge on any atom is -0.485 e. The summed E-state index contributed by atoms with van der Waals surface area (Å²) in [5, 5.41) is 3.46. The molecule has 0 spiro atoms. The summed E-state index contributed by atoms with van der Waals surface area (Å²) in [4.78, 5) is 2.68. The lowest BCUT2D eigenvalue weighted by Crippen LogP contribution is -2.09. The first-order valence-electron chi connectivity index (χ1n) is 9.51. The van der Waals surface area contributed by atoms with E-state index < -0.39 is 48.4 Å². The molecule has 2 aromatic carbocycles. The van der Waals surface area contributed by atoms with Gasteiger partial charge in [0.1, 0.15) is 11.9 Å². The number of azide groups is 1. The fourth-order valence-corrected chi connectivity index (χ4v) is 1.71. The Morgan fingerprint density at radius 1 is 1.35 bits per heavy atom. The molecule has 0 aliphatic carbocycles. The fraction of sp³-hybridized carbons (Fsp3) is 0.250. The molecule has 1 atom stereocenters. The van der Waals surface area contributed by atoms with E-state index in [9.17, 15) is 0 Å². The average Bonchev–Trinajstić information content (AvgIpc) is 2.63. The molecule has 4 nitrogen and oxygen atoms in total. The first-order valence-corrected chi connectivity index (χ1v) is 6.01. The number of ether oxygens (including phenoxy) is 1. The number of nitrogens with zero attached hydrogens (tertiary/aromatic N) is 3. The van der Waals surface area contributed by atoms with Gasteiger partial charge in [-0.3, -0.25) is 0 Å². The molecule has 0 unspecified atom stereocenters. The summed E-state index contributed by atoms with van der Waals surface area (Å²) in [6.07, 6.45) is -0.547. The molecule has 20 heavy (non-hydrogen) atoms. The lowest BCUT2D eigenvalue weighted by Gasteiger charge is -2.20. The van der Waals surface area contributed by atoms with Gasteiger partial charge in [0.2, 0.25) is 0 Å². The van der Waals surface area contributed by atoms with E-state index in [4.69, 9.17) is 19.9 Å². The van der Waals surface area contributed by atoms with Crippen LogP contribution in [0.2, 0.25) is 0 Å². The molecule has 0 aromatic heterocycles. The predicted octanol–water partition coefficient (Wildman–Crippen LogP) is 4.82. The molecule has 0 saturated carbocycles. The van der Waals surface area contributed by atoms with Crippen molar-refractivity contribution in [3.05, 3.63) is 76.1 Å². The summed E-state index contributed by atoms with van der Waals surface area (Å²) in [6, 6.07) is 6.34. The number of para-hydroxylation sites is 1. The minimum absolute atomic E-state index is 0.0739. The summed E-state index contributed by atoms with van der Waals surface area (Å²) in [5.41, 5.74) is 8.57. The van der Waals surface area contributed by atoms with Gasteiger partial charge in [0.05, 0.1) is 5.48 Å². The number of rotatable bonds is 6. The lowest BCUT2D eigenvalue weighted by molar-refractivity contribution is 0.196. The second kappa shape index (κ2) is 7.22. The maximum absolute atomic E-state index is 8.48. The van der Waals surface area contributed by atoms with E-state index in [-0.39, 0.29) is 13.0 Å². The Hall–Kier alpha value is -2.45. The Morgan fingerprint density at radius 3 is 2.90 bits per heavy atom. The van der Waals surface area contributed by atoms with Crippen LogP contribution < -0.4 is 4.74 Å². The number of benzene rings is 2. The molecule has 0 aliphatic rings. The molecule has 0 aliphatic heterocycles. The van der Waals surface area contributed by atoms with Crippen molar-refractivity contribution >= 4 is 0 Å². The van der Waals surface area contributed by atoms with Crippen LogP contribution in [-0.2, 0) is 0 Å². The zero-order valence-corrected chi connectivity index (χ0v) is 10.6. The third kappa shape index (κ3) is 3.77. The molecule has 2 rings (SSSR count). The third-order valence-electron chi connectivity index (χ3n) is 2.64. The number of hydrogen-bond acceptors (Lipinski definition) is 2. The smallest absolute Gasteiger partial charge is 0.124 e. The van der Waals surface area contributed by atoms with Gasteiger partial charge in [-0.25, -0.2) is 0 Å². The zero-order valence-electron chi connectivity index (χ0n) is 17.6. The summed E-state index contributed by atoms with van der Waals surface area (Å²) in [5.74, 6) is -0.421. The topological polar surface area (TPSA) is 58.0 Å². The second-order valence-corrected chi connectivity index (χ2v) is 3.96. The average molecular weight is 274 g/mol. The van der Waals surface area contributed by atoms with Crippen LogP contribution in [-0.4, -0.2) is 6.54 Å². The second-order valence-electron chi connectivity index (χ2n) is 3.96. The van der Waals surface area contributed by atoms with Crippen LogP contribution in [0.25, 0.3) is 10.4 Å². The molecule has 0 amide bonds. The largest absolute Gasteiger partial charge is 0.485 e. The van der Waals surface area contributed by atoms with Crippen molar-refractivity contribution in [1.82, 2.24) is 0 Å². The zero-order chi connectivity index (χ0) is 20.2. The molecular weight excluding hydrogens is 250 g/mol.